The van der Waals surface area contributed by atoms with Crippen molar-refractivity contribution < 1.29 is 28.6 Å². The van der Waals surface area contributed by atoms with E-state index in [1.165, 1.54) is 205 Å². The zero-order valence-electron chi connectivity index (χ0n) is 40.1. The van der Waals surface area contributed by atoms with Gasteiger partial charge >= 0.3 is 17.9 Å². The molecule has 0 aromatic rings. The normalized spacial score (nSPS) is 11.8. The maximum Gasteiger partial charge on any atom is 0.306 e. The molecule has 0 rings (SSSR count). The molecular weight excluding hydrogens is 733 g/mol. The Morgan fingerprint density at radius 1 is 0.271 bits per heavy atom. The Morgan fingerprint density at radius 3 is 0.678 bits per heavy atom. The maximum absolute atomic E-state index is 12.8. The van der Waals surface area contributed by atoms with Crippen LogP contribution >= 0.6 is 0 Å². The summed E-state index contributed by atoms with van der Waals surface area (Å²) in [5.74, 6) is -0.841. The van der Waals surface area contributed by atoms with Crippen molar-refractivity contribution in [1.29, 1.82) is 0 Å². The minimum atomic E-state index is -0.759. The van der Waals surface area contributed by atoms with E-state index in [1.54, 1.807) is 0 Å². The predicted molar refractivity (Wildman–Crippen MR) is 252 cm³/mol. The van der Waals surface area contributed by atoms with Gasteiger partial charge in [0.1, 0.15) is 13.2 Å². The lowest BCUT2D eigenvalue weighted by atomic mass is 10.0. The van der Waals surface area contributed by atoms with Crippen molar-refractivity contribution in [1.82, 2.24) is 0 Å². The first kappa shape index (κ1) is 57.4. The summed E-state index contributed by atoms with van der Waals surface area (Å²) < 4.78 is 16.8. The molecule has 0 aliphatic heterocycles. The molecule has 59 heavy (non-hydrogen) atoms. The van der Waals surface area contributed by atoms with E-state index in [0.717, 1.165) is 57.8 Å². The van der Waals surface area contributed by atoms with E-state index < -0.39 is 6.10 Å². The highest BCUT2D eigenvalue weighted by molar-refractivity contribution is 5.71. The van der Waals surface area contributed by atoms with E-state index >= 15 is 0 Å². The highest BCUT2D eigenvalue weighted by Gasteiger charge is 2.19. The SMILES string of the molecule is CCCCCCCCCCCCCCCCCCCCC(=O)OCC(COC(=O)CCCCCCCCCCCC)OC(=O)CCCCCCCCCCCCCCC. The molecule has 1 atom stereocenters. The van der Waals surface area contributed by atoms with Gasteiger partial charge in [-0.1, -0.05) is 265 Å². The van der Waals surface area contributed by atoms with E-state index in [4.69, 9.17) is 14.2 Å². The van der Waals surface area contributed by atoms with E-state index in [0.29, 0.717) is 19.3 Å². The summed E-state index contributed by atoms with van der Waals surface area (Å²) >= 11 is 0. The molecule has 0 saturated carbocycles. The van der Waals surface area contributed by atoms with Gasteiger partial charge in [-0.25, -0.2) is 0 Å². The van der Waals surface area contributed by atoms with Crippen molar-refractivity contribution in [3.8, 4) is 0 Å². The van der Waals surface area contributed by atoms with Crippen LogP contribution in [0.5, 0.6) is 0 Å². The Labute approximate surface area is 368 Å². The van der Waals surface area contributed by atoms with E-state index in [1.807, 2.05) is 0 Å². The van der Waals surface area contributed by atoms with Gasteiger partial charge in [0.2, 0.25) is 0 Å². The van der Waals surface area contributed by atoms with Gasteiger partial charge in [0.15, 0.2) is 6.10 Å². The molecule has 0 spiro atoms. The molecule has 0 fully saturated rings. The fourth-order valence-corrected chi connectivity index (χ4v) is 8.09. The molecule has 6 nitrogen and oxygen atoms in total. The topological polar surface area (TPSA) is 78.9 Å². The van der Waals surface area contributed by atoms with E-state index in [9.17, 15) is 14.4 Å². The van der Waals surface area contributed by atoms with Crippen LogP contribution in [-0.4, -0.2) is 37.2 Å². The first-order valence-electron chi connectivity index (χ1n) is 26.5. The third kappa shape index (κ3) is 47.3. The van der Waals surface area contributed by atoms with Crippen LogP contribution < -0.4 is 0 Å². The quantitative estimate of drug-likeness (QED) is 0.0345. The zero-order chi connectivity index (χ0) is 43.0. The van der Waals surface area contributed by atoms with Crippen molar-refractivity contribution >= 4 is 17.9 Å². The number of esters is 3. The number of ether oxygens (including phenoxy) is 3. The predicted octanol–water partition coefficient (Wildman–Crippen LogP) is 17.2. The van der Waals surface area contributed by atoms with E-state index in [2.05, 4.69) is 20.8 Å². The lowest BCUT2D eigenvalue weighted by molar-refractivity contribution is -0.167. The molecule has 0 bridgehead atoms. The zero-order valence-corrected chi connectivity index (χ0v) is 40.1. The molecule has 0 heterocycles. The van der Waals surface area contributed by atoms with Gasteiger partial charge in [-0.3, -0.25) is 14.4 Å². The fourth-order valence-electron chi connectivity index (χ4n) is 8.09. The van der Waals surface area contributed by atoms with Crippen LogP contribution in [0.4, 0.5) is 0 Å². The summed E-state index contributed by atoms with van der Waals surface area (Å²) in [6.45, 7) is 6.67. The lowest BCUT2D eigenvalue weighted by Gasteiger charge is -2.18. The van der Waals surface area contributed by atoms with Gasteiger partial charge in [0, 0.05) is 19.3 Å². The minimum Gasteiger partial charge on any atom is -0.462 e. The smallest absolute Gasteiger partial charge is 0.306 e. The van der Waals surface area contributed by atoms with Gasteiger partial charge in [0.05, 0.1) is 0 Å². The number of hydrogen-bond donors (Lipinski definition) is 0. The highest BCUT2D eigenvalue weighted by Crippen LogP contribution is 2.17. The molecule has 0 aliphatic rings. The molecule has 0 amide bonds. The average molecular weight is 835 g/mol. The largest absolute Gasteiger partial charge is 0.462 e. The molecule has 0 saturated heterocycles. The Kier molecular flexibility index (Phi) is 47.7. The highest BCUT2D eigenvalue weighted by atomic mass is 16.6. The van der Waals surface area contributed by atoms with Gasteiger partial charge in [-0.15, -0.1) is 0 Å². The van der Waals surface area contributed by atoms with Gasteiger partial charge in [-0.05, 0) is 19.3 Å². The first-order chi connectivity index (χ1) is 29.0. The second-order valence-electron chi connectivity index (χ2n) is 18.2. The molecule has 0 aromatic heterocycles. The van der Waals surface area contributed by atoms with Crippen LogP contribution in [0.3, 0.4) is 0 Å². The van der Waals surface area contributed by atoms with Crippen molar-refractivity contribution in [2.24, 2.45) is 0 Å². The number of carbonyl (C=O) groups is 3. The van der Waals surface area contributed by atoms with Crippen molar-refractivity contribution in [2.45, 2.75) is 309 Å². The van der Waals surface area contributed by atoms with Crippen molar-refractivity contribution in [3.63, 3.8) is 0 Å². The maximum atomic E-state index is 12.8. The first-order valence-corrected chi connectivity index (χ1v) is 26.5. The third-order valence-corrected chi connectivity index (χ3v) is 12.1. The van der Waals surface area contributed by atoms with Crippen molar-refractivity contribution in [2.75, 3.05) is 13.2 Å². The van der Waals surface area contributed by atoms with Gasteiger partial charge in [0.25, 0.3) is 0 Å². The Morgan fingerprint density at radius 2 is 0.458 bits per heavy atom. The average Bonchev–Trinajstić information content (AvgIpc) is 3.23. The number of carbonyl (C=O) groups excluding carboxylic acids is 3. The van der Waals surface area contributed by atoms with Crippen LogP contribution in [0, 0.1) is 0 Å². The van der Waals surface area contributed by atoms with Crippen molar-refractivity contribution in [3.05, 3.63) is 0 Å². The summed E-state index contributed by atoms with van der Waals surface area (Å²) in [6.07, 6.45) is 52.3. The van der Waals surface area contributed by atoms with Crippen LogP contribution in [0.2, 0.25) is 0 Å². The standard InChI is InChI=1S/C53H102O6/c1-4-7-10-13-16-19-22-24-25-26-27-28-30-31-34-37-40-43-46-52(55)58-49-50(48-57-51(54)45-42-39-36-33-21-18-15-12-9-6-3)59-53(56)47-44-41-38-35-32-29-23-20-17-14-11-8-5-2/h50H,4-49H2,1-3H3. The second kappa shape index (κ2) is 49.1. The van der Waals surface area contributed by atoms with Crippen LogP contribution in [0.1, 0.15) is 303 Å². The number of rotatable bonds is 49. The molecule has 0 aliphatic carbocycles. The lowest BCUT2D eigenvalue weighted by Crippen LogP contribution is -2.30. The van der Waals surface area contributed by atoms with Crippen LogP contribution in [0.25, 0.3) is 0 Å². The molecule has 350 valence electrons. The fraction of sp³-hybridized carbons (Fsp3) is 0.943. The Bertz CT molecular complexity index is 874. The van der Waals surface area contributed by atoms with E-state index in [-0.39, 0.29) is 31.1 Å². The molecular formula is C53H102O6. The molecule has 0 aromatic carbocycles. The summed E-state index contributed by atoms with van der Waals surface area (Å²) in [5.41, 5.74) is 0. The minimum absolute atomic E-state index is 0.0617. The summed E-state index contributed by atoms with van der Waals surface area (Å²) in [6, 6.07) is 0. The van der Waals surface area contributed by atoms with Crippen LogP contribution in [0.15, 0.2) is 0 Å². The third-order valence-electron chi connectivity index (χ3n) is 12.1. The second-order valence-corrected chi connectivity index (χ2v) is 18.2. The molecule has 0 radical (unpaired) electrons. The molecule has 0 N–H and O–H groups in total. The monoisotopic (exact) mass is 835 g/mol. The number of hydrogen-bond acceptors (Lipinski definition) is 6. The summed E-state index contributed by atoms with van der Waals surface area (Å²) in [4.78, 5) is 37.9. The summed E-state index contributed by atoms with van der Waals surface area (Å²) in [7, 11) is 0. The Balaban J connectivity index is 4.24. The molecule has 6 heteroatoms. The number of unbranched alkanes of at least 4 members (excludes halogenated alkanes) is 38. The molecule has 1 unspecified atom stereocenters. The van der Waals surface area contributed by atoms with Gasteiger partial charge < -0.3 is 14.2 Å². The Hall–Kier alpha value is -1.59. The summed E-state index contributed by atoms with van der Waals surface area (Å²) in [5, 5.41) is 0. The van der Waals surface area contributed by atoms with Crippen LogP contribution in [-0.2, 0) is 28.6 Å². The van der Waals surface area contributed by atoms with Gasteiger partial charge in [-0.2, -0.15) is 0 Å².